The molecule has 1 unspecified atom stereocenters. The monoisotopic (exact) mass is 568 g/mol. The lowest BCUT2D eigenvalue weighted by atomic mass is 9.94. The number of benzene rings is 3. The summed E-state index contributed by atoms with van der Waals surface area (Å²) in [6.45, 7) is 5.24. The number of rotatable bonds is 20. The Kier molecular flexibility index (Phi) is 13.7. The Balaban J connectivity index is 1.34. The van der Waals surface area contributed by atoms with Gasteiger partial charge in [0.1, 0.15) is 11.6 Å². The Labute approximate surface area is 255 Å². The van der Waals surface area contributed by atoms with Gasteiger partial charge in [-0.15, -0.1) is 0 Å². The number of unbranched alkanes of at least 4 members (excludes halogenated alkanes) is 12. The van der Waals surface area contributed by atoms with Crippen LogP contribution in [0.5, 0.6) is 5.75 Å². The van der Waals surface area contributed by atoms with E-state index in [1.165, 1.54) is 114 Å². The zero-order valence-electron chi connectivity index (χ0n) is 26.3. The zero-order chi connectivity index (χ0) is 29.4. The molecule has 0 amide bonds. The average molecular weight is 569 g/mol. The molecule has 0 aromatic heterocycles. The van der Waals surface area contributed by atoms with Crippen LogP contribution in [0.25, 0.3) is 22.8 Å². The lowest BCUT2D eigenvalue weighted by Crippen LogP contribution is -2.12. The number of halogens is 1. The molecule has 0 N–H and O–H groups in total. The fraction of sp³-hybridized carbons (Fsp3) is 0.500. The van der Waals surface area contributed by atoms with E-state index >= 15 is 4.39 Å². The summed E-state index contributed by atoms with van der Waals surface area (Å²) in [7, 11) is 0. The highest BCUT2D eigenvalue weighted by Crippen LogP contribution is 2.44. The Morgan fingerprint density at radius 2 is 1.07 bits per heavy atom. The summed E-state index contributed by atoms with van der Waals surface area (Å²) in [5, 5.41) is 0. The Morgan fingerprint density at radius 1 is 0.595 bits per heavy atom. The van der Waals surface area contributed by atoms with Crippen molar-refractivity contribution in [3.8, 4) is 16.9 Å². The minimum absolute atomic E-state index is 0.225. The van der Waals surface area contributed by atoms with Gasteiger partial charge in [0.05, 0.1) is 6.61 Å². The van der Waals surface area contributed by atoms with Crippen molar-refractivity contribution in [1.82, 2.24) is 0 Å². The van der Waals surface area contributed by atoms with Gasteiger partial charge in [-0.25, -0.2) is 4.39 Å². The van der Waals surface area contributed by atoms with Crippen LogP contribution in [0.4, 0.5) is 4.39 Å². The fourth-order valence-electron chi connectivity index (χ4n) is 6.38. The molecule has 4 rings (SSSR count). The lowest BCUT2D eigenvalue weighted by Gasteiger charge is -2.18. The SMILES string of the molecule is CCCCCCCCCCC(CCCCCCCC)COc1ccc(C=C2c3ccccc3-c3ccccc32)c(F)c1. The van der Waals surface area contributed by atoms with E-state index < -0.39 is 0 Å². The van der Waals surface area contributed by atoms with E-state index in [9.17, 15) is 0 Å². The molecule has 0 aliphatic heterocycles. The van der Waals surface area contributed by atoms with Crippen LogP contribution in [0, 0.1) is 11.7 Å². The van der Waals surface area contributed by atoms with Crippen LogP contribution in [0.3, 0.4) is 0 Å². The van der Waals surface area contributed by atoms with Gasteiger partial charge < -0.3 is 4.74 Å². The highest BCUT2D eigenvalue weighted by Gasteiger charge is 2.22. The third-order valence-corrected chi connectivity index (χ3v) is 8.91. The van der Waals surface area contributed by atoms with Crippen LogP contribution in [0.2, 0.25) is 0 Å². The molecule has 0 spiro atoms. The second-order valence-electron chi connectivity index (χ2n) is 12.3. The van der Waals surface area contributed by atoms with Crippen molar-refractivity contribution < 1.29 is 9.13 Å². The molecule has 0 saturated carbocycles. The summed E-state index contributed by atoms with van der Waals surface area (Å²) >= 11 is 0. The smallest absolute Gasteiger partial charge is 0.134 e. The van der Waals surface area contributed by atoms with Crippen molar-refractivity contribution in [2.45, 2.75) is 117 Å². The molecule has 1 atom stereocenters. The van der Waals surface area contributed by atoms with Crippen molar-refractivity contribution in [2.24, 2.45) is 5.92 Å². The summed E-state index contributed by atoms with van der Waals surface area (Å²) < 4.78 is 21.6. The van der Waals surface area contributed by atoms with Crippen LogP contribution >= 0.6 is 0 Å². The number of ether oxygens (including phenoxy) is 1. The molecule has 0 heterocycles. The third kappa shape index (κ3) is 9.58. The van der Waals surface area contributed by atoms with Crippen molar-refractivity contribution >= 4 is 11.6 Å². The van der Waals surface area contributed by atoms with Crippen molar-refractivity contribution in [2.75, 3.05) is 6.61 Å². The first-order chi connectivity index (χ1) is 20.7. The third-order valence-electron chi connectivity index (χ3n) is 8.91. The Morgan fingerprint density at radius 3 is 1.57 bits per heavy atom. The van der Waals surface area contributed by atoms with Crippen LogP contribution in [0.1, 0.15) is 133 Å². The quantitative estimate of drug-likeness (QED) is 0.0963. The molecule has 0 saturated heterocycles. The fourth-order valence-corrected chi connectivity index (χ4v) is 6.38. The predicted molar refractivity (Wildman–Crippen MR) is 179 cm³/mol. The maximum Gasteiger partial charge on any atom is 0.134 e. The summed E-state index contributed by atoms with van der Waals surface area (Å²) in [5.41, 5.74) is 6.44. The van der Waals surface area contributed by atoms with Gasteiger partial charge in [-0.1, -0.05) is 152 Å². The molecule has 226 valence electrons. The lowest BCUT2D eigenvalue weighted by molar-refractivity contribution is 0.223. The average Bonchev–Trinajstić information content (AvgIpc) is 3.33. The summed E-state index contributed by atoms with van der Waals surface area (Å²) in [6.07, 6.45) is 23.1. The van der Waals surface area contributed by atoms with Gasteiger partial charge in [0.2, 0.25) is 0 Å². The van der Waals surface area contributed by atoms with E-state index in [2.05, 4.69) is 62.4 Å². The van der Waals surface area contributed by atoms with E-state index in [0.717, 1.165) is 16.7 Å². The van der Waals surface area contributed by atoms with Gasteiger partial charge in [-0.3, -0.25) is 0 Å². The van der Waals surface area contributed by atoms with E-state index in [1.54, 1.807) is 6.07 Å². The molecule has 1 aliphatic rings. The first-order valence-electron chi connectivity index (χ1n) is 17.0. The van der Waals surface area contributed by atoms with Gasteiger partial charge in [0.25, 0.3) is 0 Å². The van der Waals surface area contributed by atoms with Gasteiger partial charge in [0.15, 0.2) is 0 Å². The molecule has 0 radical (unpaired) electrons. The molecule has 3 aromatic rings. The minimum Gasteiger partial charge on any atom is -0.493 e. The molecule has 2 heteroatoms. The highest BCUT2D eigenvalue weighted by molar-refractivity contribution is 6.06. The van der Waals surface area contributed by atoms with Gasteiger partial charge in [-0.2, -0.15) is 0 Å². The van der Waals surface area contributed by atoms with Crippen LogP contribution < -0.4 is 4.74 Å². The topological polar surface area (TPSA) is 9.23 Å². The maximum atomic E-state index is 15.4. The summed E-state index contributed by atoms with van der Waals surface area (Å²) in [6, 6.07) is 22.2. The van der Waals surface area contributed by atoms with Crippen LogP contribution in [0.15, 0.2) is 66.7 Å². The van der Waals surface area contributed by atoms with E-state index in [1.807, 2.05) is 18.2 Å². The maximum absolute atomic E-state index is 15.4. The molecule has 1 nitrogen and oxygen atoms in total. The van der Waals surface area contributed by atoms with E-state index in [4.69, 9.17) is 4.74 Å². The van der Waals surface area contributed by atoms with Gasteiger partial charge in [-0.05, 0) is 64.8 Å². The second-order valence-corrected chi connectivity index (χ2v) is 12.3. The normalized spacial score (nSPS) is 12.7. The Bertz CT molecular complexity index is 1190. The molecule has 3 aromatic carbocycles. The van der Waals surface area contributed by atoms with Crippen molar-refractivity contribution in [1.29, 1.82) is 0 Å². The molecular formula is C40H53FO. The van der Waals surface area contributed by atoms with E-state index in [-0.39, 0.29) is 5.82 Å². The van der Waals surface area contributed by atoms with E-state index in [0.29, 0.717) is 23.8 Å². The molecule has 42 heavy (non-hydrogen) atoms. The van der Waals surface area contributed by atoms with Gasteiger partial charge >= 0.3 is 0 Å². The molecule has 0 fully saturated rings. The molecule has 0 bridgehead atoms. The van der Waals surface area contributed by atoms with Crippen molar-refractivity contribution in [3.05, 3.63) is 89.2 Å². The second kappa shape index (κ2) is 17.9. The first kappa shape index (κ1) is 32.1. The van der Waals surface area contributed by atoms with Gasteiger partial charge in [0, 0.05) is 11.6 Å². The van der Waals surface area contributed by atoms with Crippen molar-refractivity contribution in [3.63, 3.8) is 0 Å². The largest absolute Gasteiger partial charge is 0.493 e. The minimum atomic E-state index is -0.225. The Hall–Kier alpha value is -2.87. The standard InChI is InChI=1S/C40H53FO/c1-3-5-7-9-11-12-14-16-22-32(21-15-13-10-8-6-4-2)31-42-34-28-27-33(40(41)30-34)29-39-37-25-19-17-23-35(37)36-24-18-20-26-38(36)39/h17-20,23-30,32H,3-16,21-22,31H2,1-2H3. The summed E-state index contributed by atoms with van der Waals surface area (Å²) in [5.74, 6) is 0.968. The first-order valence-corrected chi connectivity index (χ1v) is 17.0. The number of hydrogen-bond acceptors (Lipinski definition) is 1. The van der Waals surface area contributed by atoms with Crippen LogP contribution in [-0.2, 0) is 0 Å². The molecule has 1 aliphatic carbocycles. The number of hydrogen-bond donors (Lipinski definition) is 0. The molecular weight excluding hydrogens is 515 g/mol. The number of fused-ring (bicyclic) bond motifs is 3. The summed E-state index contributed by atoms with van der Waals surface area (Å²) in [4.78, 5) is 0. The highest BCUT2D eigenvalue weighted by atomic mass is 19.1. The predicted octanol–water partition coefficient (Wildman–Crippen LogP) is 12.7. The zero-order valence-corrected chi connectivity index (χ0v) is 26.3. The van der Waals surface area contributed by atoms with Crippen LogP contribution in [-0.4, -0.2) is 6.61 Å².